The highest BCUT2D eigenvalue weighted by Crippen LogP contribution is 2.28. The van der Waals surface area contributed by atoms with Crippen molar-refractivity contribution >= 4 is 29.2 Å². The number of anilines is 2. The average Bonchev–Trinajstić information content (AvgIpc) is 3.29. The third kappa shape index (κ3) is 6.15. The molecule has 4 rings (SSSR count). The molecule has 0 bridgehead atoms. The van der Waals surface area contributed by atoms with E-state index in [-0.39, 0.29) is 24.8 Å². The van der Waals surface area contributed by atoms with E-state index in [9.17, 15) is 24.0 Å². The summed E-state index contributed by atoms with van der Waals surface area (Å²) in [6.45, 7) is 2.85. The van der Waals surface area contributed by atoms with Crippen LogP contribution in [0.3, 0.4) is 0 Å². The van der Waals surface area contributed by atoms with Crippen molar-refractivity contribution in [2.24, 2.45) is 0 Å². The molecule has 38 heavy (non-hydrogen) atoms. The molecular formula is C27H26FN5O5. The Morgan fingerprint density at radius 1 is 1.16 bits per heavy atom. The largest absolute Gasteiger partial charge is 0.481 e. The number of nitriles is 1. The quantitative estimate of drug-likeness (QED) is 0.429. The summed E-state index contributed by atoms with van der Waals surface area (Å²) in [5.74, 6) is -2.33. The molecule has 11 heteroatoms. The number of nitrogens with one attached hydrogen (secondary N) is 1. The summed E-state index contributed by atoms with van der Waals surface area (Å²) < 4.78 is 20.2. The van der Waals surface area contributed by atoms with Gasteiger partial charge in [0.15, 0.2) is 0 Å². The number of amides is 1. The molecule has 0 unspecified atom stereocenters. The molecule has 2 heterocycles. The molecule has 196 valence electrons. The van der Waals surface area contributed by atoms with E-state index in [0.717, 1.165) is 0 Å². The number of benzene rings is 2. The molecule has 0 spiro atoms. The maximum atomic E-state index is 13.2. The van der Waals surface area contributed by atoms with E-state index in [1.165, 1.54) is 18.3 Å². The summed E-state index contributed by atoms with van der Waals surface area (Å²) in [6.07, 6.45) is 1.83. The Kier molecular flexibility index (Phi) is 8.01. The lowest BCUT2D eigenvalue weighted by atomic mass is 10.0. The molecule has 1 amide bonds. The number of hydrogen-bond acceptors (Lipinski definition) is 7. The van der Waals surface area contributed by atoms with Crippen molar-refractivity contribution < 1.29 is 28.6 Å². The van der Waals surface area contributed by atoms with E-state index in [4.69, 9.17) is 9.84 Å². The molecular weight excluding hydrogens is 493 g/mol. The first-order valence-electron chi connectivity index (χ1n) is 12.1. The van der Waals surface area contributed by atoms with Crippen LogP contribution in [0.25, 0.3) is 5.69 Å². The number of rotatable bonds is 8. The summed E-state index contributed by atoms with van der Waals surface area (Å²) in [5, 5.41) is 25.5. The predicted molar refractivity (Wildman–Crippen MR) is 136 cm³/mol. The van der Waals surface area contributed by atoms with Gasteiger partial charge in [-0.25, -0.2) is 9.07 Å². The molecule has 1 saturated heterocycles. The number of carboxylic acids is 1. The van der Waals surface area contributed by atoms with Gasteiger partial charge in [-0.1, -0.05) is 0 Å². The Morgan fingerprint density at radius 2 is 1.87 bits per heavy atom. The molecule has 0 radical (unpaired) electrons. The molecule has 1 aliphatic heterocycles. The SMILES string of the molecule is Cc1c(C(=O)Nc2ccc(N3CCC(OC(=O)CCC(=O)O)CC3)c(C#N)c2)cnn1-c1ccc(F)cc1. The number of hydrogen-bond donors (Lipinski definition) is 2. The second-order valence-corrected chi connectivity index (χ2v) is 8.90. The standard InChI is InChI=1S/C27H26FN5O5/c1-17-23(16-30-33(17)21-5-2-19(28)3-6-21)27(37)31-20-4-7-24(18(14-20)15-29)32-12-10-22(11-13-32)38-26(36)9-8-25(34)35/h2-7,14,16,22H,8-13H2,1H3,(H,31,37)(H,34,35). The highest BCUT2D eigenvalue weighted by atomic mass is 19.1. The van der Waals surface area contributed by atoms with Gasteiger partial charge < -0.3 is 20.1 Å². The maximum absolute atomic E-state index is 13.2. The fraction of sp³-hybridized carbons (Fsp3) is 0.296. The predicted octanol–water partition coefficient (Wildman–Crippen LogP) is 3.82. The van der Waals surface area contributed by atoms with Crippen LogP contribution in [0.1, 0.15) is 47.3 Å². The Bertz CT molecular complexity index is 1390. The zero-order valence-electron chi connectivity index (χ0n) is 20.7. The lowest BCUT2D eigenvalue weighted by Gasteiger charge is -2.33. The lowest BCUT2D eigenvalue weighted by molar-refractivity contribution is -0.152. The monoisotopic (exact) mass is 519 g/mol. The third-order valence-corrected chi connectivity index (χ3v) is 6.32. The van der Waals surface area contributed by atoms with Crippen molar-refractivity contribution in [3.05, 3.63) is 71.3 Å². The van der Waals surface area contributed by atoms with Crippen LogP contribution < -0.4 is 10.2 Å². The van der Waals surface area contributed by atoms with Gasteiger partial charge in [0.25, 0.3) is 5.91 Å². The Morgan fingerprint density at radius 3 is 2.53 bits per heavy atom. The van der Waals surface area contributed by atoms with Crippen molar-refractivity contribution in [3.8, 4) is 11.8 Å². The van der Waals surface area contributed by atoms with Crippen molar-refractivity contribution in [2.45, 2.75) is 38.7 Å². The minimum absolute atomic E-state index is 0.159. The van der Waals surface area contributed by atoms with E-state index >= 15 is 0 Å². The minimum atomic E-state index is -1.05. The van der Waals surface area contributed by atoms with Gasteiger partial charge in [0.1, 0.15) is 18.0 Å². The summed E-state index contributed by atoms with van der Waals surface area (Å²) >= 11 is 0. The summed E-state index contributed by atoms with van der Waals surface area (Å²) in [5.41, 5.74) is 3.10. The topological polar surface area (TPSA) is 138 Å². The normalized spacial score (nSPS) is 13.6. The van der Waals surface area contributed by atoms with Crippen molar-refractivity contribution in [1.29, 1.82) is 5.26 Å². The molecule has 0 aliphatic carbocycles. The van der Waals surface area contributed by atoms with E-state index < -0.39 is 17.8 Å². The number of carboxylic acid groups (broad SMARTS) is 1. The average molecular weight is 520 g/mol. The zero-order valence-corrected chi connectivity index (χ0v) is 20.7. The van der Waals surface area contributed by atoms with Crippen molar-refractivity contribution in [2.75, 3.05) is 23.3 Å². The highest BCUT2D eigenvalue weighted by molar-refractivity contribution is 6.05. The summed E-state index contributed by atoms with van der Waals surface area (Å²) in [6, 6.07) is 13.0. The van der Waals surface area contributed by atoms with Gasteiger partial charge in [0.2, 0.25) is 0 Å². The van der Waals surface area contributed by atoms with Crippen LogP contribution >= 0.6 is 0 Å². The molecule has 1 aliphatic rings. The molecule has 0 atom stereocenters. The van der Waals surface area contributed by atoms with Crippen LogP contribution in [0.4, 0.5) is 15.8 Å². The van der Waals surface area contributed by atoms with Crippen LogP contribution in [0.5, 0.6) is 0 Å². The number of carbonyl (C=O) groups excluding carboxylic acids is 2. The van der Waals surface area contributed by atoms with Gasteiger partial charge in [0.05, 0.1) is 47.2 Å². The maximum Gasteiger partial charge on any atom is 0.306 e. The molecule has 2 aromatic carbocycles. The number of halogens is 1. The van der Waals surface area contributed by atoms with Crippen LogP contribution in [-0.2, 0) is 14.3 Å². The second-order valence-electron chi connectivity index (χ2n) is 8.90. The van der Waals surface area contributed by atoms with Gasteiger partial charge in [-0.3, -0.25) is 14.4 Å². The highest BCUT2D eigenvalue weighted by Gasteiger charge is 2.24. The molecule has 1 aromatic heterocycles. The first-order valence-corrected chi connectivity index (χ1v) is 12.1. The Labute approximate surface area is 218 Å². The molecule has 0 saturated carbocycles. The molecule has 1 fully saturated rings. The molecule has 2 N–H and O–H groups in total. The van der Waals surface area contributed by atoms with Gasteiger partial charge in [0, 0.05) is 31.6 Å². The third-order valence-electron chi connectivity index (χ3n) is 6.32. The van der Waals surface area contributed by atoms with E-state index in [0.29, 0.717) is 59.8 Å². The smallest absolute Gasteiger partial charge is 0.306 e. The van der Waals surface area contributed by atoms with Crippen molar-refractivity contribution in [1.82, 2.24) is 9.78 Å². The minimum Gasteiger partial charge on any atom is -0.481 e. The fourth-order valence-corrected chi connectivity index (χ4v) is 4.32. The number of carbonyl (C=O) groups is 3. The summed E-state index contributed by atoms with van der Waals surface area (Å²) in [7, 11) is 0. The lowest BCUT2D eigenvalue weighted by Crippen LogP contribution is -2.38. The number of aliphatic carboxylic acids is 1. The van der Waals surface area contributed by atoms with Gasteiger partial charge in [-0.15, -0.1) is 0 Å². The van der Waals surface area contributed by atoms with E-state index in [2.05, 4.69) is 16.5 Å². The Hall–Kier alpha value is -4.72. The van der Waals surface area contributed by atoms with Gasteiger partial charge in [-0.2, -0.15) is 10.4 Å². The number of aromatic nitrogens is 2. The van der Waals surface area contributed by atoms with Crippen LogP contribution in [0.15, 0.2) is 48.7 Å². The van der Waals surface area contributed by atoms with Gasteiger partial charge >= 0.3 is 11.9 Å². The first-order chi connectivity index (χ1) is 18.2. The molecule has 10 nitrogen and oxygen atoms in total. The van der Waals surface area contributed by atoms with E-state index in [1.807, 2.05) is 4.90 Å². The second kappa shape index (κ2) is 11.6. The van der Waals surface area contributed by atoms with Crippen LogP contribution in [0.2, 0.25) is 0 Å². The number of esters is 1. The zero-order chi connectivity index (χ0) is 27.2. The summed E-state index contributed by atoms with van der Waals surface area (Å²) in [4.78, 5) is 37.4. The number of nitrogens with zero attached hydrogens (tertiary/aromatic N) is 4. The van der Waals surface area contributed by atoms with Gasteiger partial charge in [-0.05, 0) is 49.4 Å². The van der Waals surface area contributed by atoms with Crippen LogP contribution in [-0.4, -0.2) is 51.9 Å². The first kappa shape index (κ1) is 26.3. The molecule has 3 aromatic rings. The fourth-order valence-electron chi connectivity index (χ4n) is 4.32. The number of ether oxygens (including phenoxy) is 1. The Balaban J connectivity index is 1.39. The van der Waals surface area contributed by atoms with Crippen LogP contribution in [0, 0.1) is 24.1 Å². The van der Waals surface area contributed by atoms with E-state index in [1.54, 1.807) is 41.9 Å². The number of piperidine rings is 1. The van der Waals surface area contributed by atoms with Crippen molar-refractivity contribution in [3.63, 3.8) is 0 Å².